The highest BCUT2D eigenvalue weighted by Gasteiger charge is 2.32. The number of methoxy groups -OCH3 is 1. The number of aromatic nitrogens is 2. The minimum absolute atomic E-state index is 0.140. The van der Waals surface area contributed by atoms with E-state index in [-0.39, 0.29) is 23.9 Å². The van der Waals surface area contributed by atoms with Gasteiger partial charge in [0.2, 0.25) is 0 Å². The highest BCUT2D eigenvalue weighted by molar-refractivity contribution is 6.30. The van der Waals surface area contributed by atoms with E-state index in [1.54, 1.807) is 63.4 Å². The zero-order valence-electron chi connectivity index (χ0n) is 18.3. The summed E-state index contributed by atoms with van der Waals surface area (Å²) < 4.78 is 4.79. The molecule has 1 unspecified atom stereocenters. The Morgan fingerprint density at radius 1 is 1.12 bits per heavy atom. The molecule has 1 aromatic carbocycles. The van der Waals surface area contributed by atoms with Crippen LogP contribution < -0.4 is 0 Å². The van der Waals surface area contributed by atoms with Gasteiger partial charge in [0.1, 0.15) is 5.69 Å². The van der Waals surface area contributed by atoms with Gasteiger partial charge in [-0.2, -0.15) is 0 Å². The van der Waals surface area contributed by atoms with Crippen LogP contribution in [0.5, 0.6) is 0 Å². The monoisotopic (exact) mass is 453 g/mol. The molecule has 1 N–H and O–H groups in total. The Bertz CT molecular complexity index is 1140. The summed E-state index contributed by atoms with van der Waals surface area (Å²) in [6, 6.07) is 11.1. The first-order valence-electron chi connectivity index (χ1n) is 10.0. The molecule has 0 aliphatic heterocycles. The van der Waals surface area contributed by atoms with Gasteiger partial charge in [0, 0.05) is 28.0 Å². The highest BCUT2D eigenvalue weighted by Crippen LogP contribution is 2.24. The van der Waals surface area contributed by atoms with E-state index in [0.717, 1.165) is 0 Å². The molecule has 8 heteroatoms. The van der Waals surface area contributed by atoms with Crippen molar-refractivity contribution in [1.29, 1.82) is 0 Å². The zero-order valence-corrected chi connectivity index (χ0v) is 19.1. The fourth-order valence-corrected chi connectivity index (χ4v) is 3.71. The zero-order chi connectivity index (χ0) is 23.4. The summed E-state index contributed by atoms with van der Waals surface area (Å²) in [5.41, 5.74) is 2.67. The van der Waals surface area contributed by atoms with Crippen LogP contribution in [0.25, 0.3) is 0 Å². The maximum Gasteiger partial charge on any atom is 0.354 e. The molecule has 0 fully saturated rings. The Hall–Kier alpha value is -3.45. The smallest absolute Gasteiger partial charge is 0.354 e. The van der Waals surface area contributed by atoms with Crippen LogP contribution in [0, 0.1) is 13.8 Å². The Kier molecular flexibility index (Phi) is 7.10. The third kappa shape index (κ3) is 4.73. The number of halogens is 1. The number of hydrogen-bond donors (Lipinski definition) is 1. The molecular formula is C24H24ClN3O4. The van der Waals surface area contributed by atoms with Crippen molar-refractivity contribution < 1.29 is 19.1 Å². The SMILES string of the molecule is COC(=O)c1[nH]c(C)c(C(=O)C(C)N(Cc2ccccn2)C(=O)c2ccc(Cl)cc2)c1C. The number of ether oxygens (including phenoxy) is 1. The number of hydrogen-bond acceptors (Lipinski definition) is 5. The molecule has 166 valence electrons. The minimum Gasteiger partial charge on any atom is -0.464 e. The van der Waals surface area contributed by atoms with Crippen LogP contribution in [0.15, 0.2) is 48.7 Å². The van der Waals surface area contributed by atoms with E-state index in [1.807, 2.05) is 6.07 Å². The lowest BCUT2D eigenvalue weighted by Crippen LogP contribution is -2.43. The fraction of sp³-hybridized carbons (Fsp3) is 0.250. The number of H-pyrrole nitrogens is 1. The molecule has 0 radical (unpaired) electrons. The summed E-state index contributed by atoms with van der Waals surface area (Å²) in [5.74, 6) is -1.17. The van der Waals surface area contributed by atoms with Crippen LogP contribution in [0.4, 0.5) is 0 Å². The van der Waals surface area contributed by atoms with E-state index >= 15 is 0 Å². The van der Waals surface area contributed by atoms with Crippen LogP contribution in [-0.2, 0) is 11.3 Å². The van der Waals surface area contributed by atoms with Gasteiger partial charge < -0.3 is 14.6 Å². The van der Waals surface area contributed by atoms with E-state index in [0.29, 0.717) is 33.1 Å². The Morgan fingerprint density at radius 2 is 1.81 bits per heavy atom. The number of nitrogens with zero attached hydrogens (tertiary/aromatic N) is 2. The molecule has 0 saturated carbocycles. The predicted molar refractivity (Wildman–Crippen MR) is 121 cm³/mol. The maximum absolute atomic E-state index is 13.5. The number of Topliss-reactive ketones (excluding diaryl/α,β-unsaturated/α-hetero) is 1. The van der Waals surface area contributed by atoms with Gasteiger partial charge in [0.05, 0.1) is 25.4 Å². The van der Waals surface area contributed by atoms with Crippen LogP contribution in [0.3, 0.4) is 0 Å². The number of pyridine rings is 1. The molecule has 32 heavy (non-hydrogen) atoms. The standard InChI is InChI=1S/C24H24ClN3O4/c1-14-20(15(2)27-21(14)24(31)32-4)22(29)16(3)28(13-19-7-5-6-12-26-19)23(30)17-8-10-18(25)11-9-17/h5-12,16,27H,13H2,1-4H3. The molecule has 0 aliphatic rings. The number of rotatable bonds is 7. The number of aromatic amines is 1. The van der Waals surface area contributed by atoms with Gasteiger partial charge in [-0.05, 0) is 62.7 Å². The summed E-state index contributed by atoms with van der Waals surface area (Å²) in [4.78, 5) is 47.7. The van der Waals surface area contributed by atoms with E-state index in [4.69, 9.17) is 16.3 Å². The maximum atomic E-state index is 13.5. The number of nitrogens with one attached hydrogen (secondary N) is 1. The Labute approximate surface area is 191 Å². The van der Waals surface area contributed by atoms with Gasteiger partial charge in [-0.3, -0.25) is 14.6 Å². The predicted octanol–water partition coefficient (Wildman–Crippen LogP) is 4.38. The number of carbonyl (C=O) groups is 3. The number of aryl methyl sites for hydroxylation is 1. The van der Waals surface area contributed by atoms with Gasteiger partial charge in [-0.1, -0.05) is 17.7 Å². The number of benzene rings is 1. The lowest BCUT2D eigenvalue weighted by Gasteiger charge is -2.28. The van der Waals surface area contributed by atoms with E-state index in [9.17, 15) is 14.4 Å². The third-order valence-electron chi connectivity index (χ3n) is 5.33. The largest absolute Gasteiger partial charge is 0.464 e. The lowest BCUT2D eigenvalue weighted by atomic mass is 9.99. The molecule has 7 nitrogen and oxygen atoms in total. The van der Waals surface area contributed by atoms with E-state index < -0.39 is 12.0 Å². The topological polar surface area (TPSA) is 92.4 Å². The second-order valence-electron chi connectivity index (χ2n) is 7.42. The normalized spacial score (nSPS) is 11.7. The van der Waals surface area contributed by atoms with Gasteiger partial charge in [-0.15, -0.1) is 0 Å². The Balaban J connectivity index is 1.99. The summed E-state index contributed by atoms with van der Waals surface area (Å²) in [7, 11) is 1.28. The molecule has 1 amide bonds. The molecule has 2 heterocycles. The van der Waals surface area contributed by atoms with Crippen LogP contribution in [0.1, 0.15) is 55.1 Å². The molecule has 0 saturated heterocycles. The number of esters is 1. The lowest BCUT2D eigenvalue weighted by molar-refractivity contribution is 0.0591. The summed E-state index contributed by atoms with van der Waals surface area (Å²) >= 11 is 5.96. The first kappa shape index (κ1) is 23.2. The molecule has 1 atom stereocenters. The first-order valence-corrected chi connectivity index (χ1v) is 10.4. The second kappa shape index (κ2) is 9.78. The number of amides is 1. The van der Waals surface area contributed by atoms with Crippen molar-refractivity contribution in [3.8, 4) is 0 Å². The molecular weight excluding hydrogens is 430 g/mol. The van der Waals surface area contributed by atoms with Crippen molar-refractivity contribution in [3.63, 3.8) is 0 Å². The minimum atomic E-state index is -0.820. The summed E-state index contributed by atoms with van der Waals surface area (Å²) in [6.07, 6.45) is 1.63. The van der Waals surface area contributed by atoms with Gasteiger partial charge in [0.15, 0.2) is 5.78 Å². The van der Waals surface area contributed by atoms with Crippen LogP contribution in [0.2, 0.25) is 5.02 Å². The molecule has 0 aliphatic carbocycles. The fourth-order valence-electron chi connectivity index (χ4n) is 3.59. The van der Waals surface area contributed by atoms with Gasteiger partial charge in [0.25, 0.3) is 5.91 Å². The van der Waals surface area contributed by atoms with Gasteiger partial charge >= 0.3 is 5.97 Å². The third-order valence-corrected chi connectivity index (χ3v) is 5.58. The molecule has 2 aromatic heterocycles. The van der Waals surface area contributed by atoms with E-state index in [1.165, 1.54) is 12.0 Å². The van der Waals surface area contributed by atoms with Crippen molar-refractivity contribution in [3.05, 3.63) is 87.5 Å². The van der Waals surface area contributed by atoms with Crippen molar-refractivity contribution in [1.82, 2.24) is 14.9 Å². The van der Waals surface area contributed by atoms with Crippen molar-refractivity contribution in [2.24, 2.45) is 0 Å². The van der Waals surface area contributed by atoms with Crippen molar-refractivity contribution in [2.75, 3.05) is 7.11 Å². The second-order valence-corrected chi connectivity index (χ2v) is 7.85. The molecule has 0 spiro atoms. The molecule has 3 rings (SSSR count). The average molecular weight is 454 g/mol. The van der Waals surface area contributed by atoms with Crippen molar-refractivity contribution >= 4 is 29.3 Å². The van der Waals surface area contributed by atoms with Crippen LogP contribution >= 0.6 is 11.6 Å². The quantitative estimate of drug-likeness (QED) is 0.423. The average Bonchev–Trinajstić information content (AvgIpc) is 3.10. The van der Waals surface area contributed by atoms with Crippen LogP contribution in [-0.4, -0.2) is 45.7 Å². The highest BCUT2D eigenvalue weighted by atomic mass is 35.5. The summed E-state index contributed by atoms with van der Waals surface area (Å²) in [5, 5.41) is 0.510. The van der Waals surface area contributed by atoms with Crippen molar-refractivity contribution in [2.45, 2.75) is 33.4 Å². The molecule has 3 aromatic rings. The summed E-state index contributed by atoms with van der Waals surface area (Å²) in [6.45, 7) is 5.20. The first-order chi connectivity index (χ1) is 15.2. The van der Waals surface area contributed by atoms with E-state index in [2.05, 4.69) is 9.97 Å². The Morgan fingerprint density at radius 3 is 2.41 bits per heavy atom. The number of ketones is 1. The molecule has 0 bridgehead atoms. The van der Waals surface area contributed by atoms with Gasteiger partial charge in [-0.25, -0.2) is 4.79 Å². The number of carbonyl (C=O) groups excluding carboxylic acids is 3.